The number of imidazole rings is 1. The number of aliphatic hydroxyl groups is 1. The Hall–Kier alpha value is -0.560. The average Bonchev–Trinajstić information content (AvgIpc) is 2.74. The Balaban J connectivity index is 1.70. The average molecular weight is 257 g/mol. The van der Waals surface area contributed by atoms with Gasteiger partial charge in [-0.25, -0.2) is 4.98 Å². The molecule has 1 atom stereocenters. The van der Waals surface area contributed by atoms with Crippen molar-refractivity contribution < 1.29 is 9.84 Å². The van der Waals surface area contributed by atoms with Gasteiger partial charge in [0.25, 0.3) is 0 Å². The topological polar surface area (TPSA) is 50.5 Å². The van der Waals surface area contributed by atoms with Gasteiger partial charge in [0, 0.05) is 44.8 Å². The fourth-order valence-corrected chi connectivity index (χ4v) is 2.64. The zero-order valence-corrected chi connectivity index (χ0v) is 10.9. The summed E-state index contributed by atoms with van der Waals surface area (Å²) in [6.07, 6.45) is 3.38. The van der Waals surface area contributed by atoms with E-state index in [-0.39, 0.29) is 6.10 Å². The smallest absolute Gasteiger partial charge is 0.167 e. The lowest BCUT2D eigenvalue weighted by atomic mass is 10.3. The Bertz CT molecular complexity index is 339. The molecule has 17 heavy (non-hydrogen) atoms. The van der Waals surface area contributed by atoms with Crippen molar-refractivity contribution in [3.05, 3.63) is 12.4 Å². The fraction of sp³-hybridized carbons (Fsp3) is 0.727. The standard InChI is InChI=1S/C11H19N3O2S/c1-13-3-2-12-11(13)17-9-10(15)8-14-4-6-16-7-5-14/h2-3,10,15H,4-9H2,1H3. The second-order valence-electron chi connectivity index (χ2n) is 4.20. The summed E-state index contributed by atoms with van der Waals surface area (Å²) in [5, 5.41) is 10.9. The molecular weight excluding hydrogens is 238 g/mol. The van der Waals surface area contributed by atoms with Gasteiger partial charge in [-0.1, -0.05) is 11.8 Å². The third-order valence-corrected chi connectivity index (χ3v) is 3.96. The van der Waals surface area contributed by atoms with Crippen molar-refractivity contribution in [1.29, 1.82) is 0 Å². The zero-order chi connectivity index (χ0) is 12.1. The van der Waals surface area contributed by atoms with E-state index < -0.39 is 0 Å². The van der Waals surface area contributed by atoms with Crippen LogP contribution in [0.3, 0.4) is 0 Å². The first-order valence-corrected chi connectivity index (χ1v) is 6.82. The molecule has 0 amide bonds. The van der Waals surface area contributed by atoms with Crippen LogP contribution >= 0.6 is 11.8 Å². The van der Waals surface area contributed by atoms with Crippen molar-refractivity contribution in [3.63, 3.8) is 0 Å². The van der Waals surface area contributed by atoms with Crippen LogP contribution < -0.4 is 0 Å². The number of morpholine rings is 1. The van der Waals surface area contributed by atoms with E-state index in [1.165, 1.54) is 0 Å². The molecule has 1 aliphatic rings. The number of β-amino-alcohol motifs (C(OH)–C–C–N with tert-alkyl or cyclic N) is 1. The second kappa shape index (κ2) is 6.39. The Morgan fingerprint density at radius 3 is 2.94 bits per heavy atom. The molecule has 1 aliphatic heterocycles. The molecule has 0 radical (unpaired) electrons. The maximum Gasteiger partial charge on any atom is 0.167 e. The Labute approximate surface area is 106 Å². The predicted molar refractivity (Wildman–Crippen MR) is 67.2 cm³/mol. The van der Waals surface area contributed by atoms with E-state index in [1.807, 2.05) is 17.8 Å². The van der Waals surface area contributed by atoms with Crippen molar-refractivity contribution in [2.24, 2.45) is 7.05 Å². The highest BCUT2D eigenvalue weighted by Crippen LogP contribution is 2.16. The minimum Gasteiger partial charge on any atom is -0.391 e. The van der Waals surface area contributed by atoms with Gasteiger partial charge in [0.05, 0.1) is 19.3 Å². The molecule has 1 N–H and O–H groups in total. The van der Waals surface area contributed by atoms with Gasteiger partial charge < -0.3 is 14.4 Å². The van der Waals surface area contributed by atoms with Crippen molar-refractivity contribution in [2.75, 3.05) is 38.6 Å². The zero-order valence-electron chi connectivity index (χ0n) is 10.1. The van der Waals surface area contributed by atoms with Gasteiger partial charge in [0.15, 0.2) is 5.16 Å². The molecule has 1 fully saturated rings. The van der Waals surface area contributed by atoms with E-state index in [0.29, 0.717) is 5.75 Å². The predicted octanol–water partition coefficient (Wildman–Crippen LogP) is 0.205. The molecule has 2 heterocycles. The minimum absolute atomic E-state index is 0.310. The number of aromatic nitrogens is 2. The van der Waals surface area contributed by atoms with E-state index in [1.54, 1.807) is 18.0 Å². The van der Waals surface area contributed by atoms with Crippen LogP contribution in [0.2, 0.25) is 0 Å². The summed E-state index contributed by atoms with van der Waals surface area (Å²) in [5.41, 5.74) is 0. The van der Waals surface area contributed by atoms with Gasteiger partial charge in [-0.2, -0.15) is 0 Å². The number of aryl methyl sites for hydroxylation is 1. The maximum atomic E-state index is 9.95. The maximum absolute atomic E-state index is 9.95. The van der Waals surface area contributed by atoms with Crippen LogP contribution in [0.25, 0.3) is 0 Å². The van der Waals surface area contributed by atoms with Gasteiger partial charge in [0.2, 0.25) is 0 Å². The molecule has 1 aromatic heterocycles. The lowest BCUT2D eigenvalue weighted by Crippen LogP contribution is -2.41. The van der Waals surface area contributed by atoms with Gasteiger partial charge >= 0.3 is 0 Å². The summed E-state index contributed by atoms with van der Waals surface area (Å²) in [6.45, 7) is 4.12. The summed E-state index contributed by atoms with van der Waals surface area (Å²) in [7, 11) is 1.96. The van der Waals surface area contributed by atoms with Crippen LogP contribution in [-0.4, -0.2) is 64.3 Å². The minimum atomic E-state index is -0.310. The molecule has 0 aromatic carbocycles. The van der Waals surface area contributed by atoms with Crippen molar-refractivity contribution >= 4 is 11.8 Å². The van der Waals surface area contributed by atoms with Crippen LogP contribution in [0.4, 0.5) is 0 Å². The van der Waals surface area contributed by atoms with Crippen LogP contribution in [0.5, 0.6) is 0 Å². The highest BCUT2D eigenvalue weighted by molar-refractivity contribution is 7.99. The lowest BCUT2D eigenvalue weighted by molar-refractivity contribution is 0.0188. The number of ether oxygens (including phenoxy) is 1. The normalized spacial score (nSPS) is 19.4. The first-order valence-electron chi connectivity index (χ1n) is 5.84. The van der Waals surface area contributed by atoms with Crippen LogP contribution in [0, 0.1) is 0 Å². The number of hydrogen-bond acceptors (Lipinski definition) is 5. The van der Waals surface area contributed by atoms with Crippen LogP contribution in [0.15, 0.2) is 17.6 Å². The monoisotopic (exact) mass is 257 g/mol. The van der Waals surface area contributed by atoms with E-state index >= 15 is 0 Å². The largest absolute Gasteiger partial charge is 0.391 e. The molecule has 0 spiro atoms. The van der Waals surface area contributed by atoms with Gasteiger partial charge in [-0.3, -0.25) is 4.90 Å². The molecule has 0 aliphatic carbocycles. The van der Waals surface area contributed by atoms with Crippen molar-refractivity contribution in [1.82, 2.24) is 14.5 Å². The third kappa shape index (κ3) is 3.99. The first-order chi connectivity index (χ1) is 8.25. The fourth-order valence-electron chi connectivity index (χ4n) is 1.80. The van der Waals surface area contributed by atoms with Crippen molar-refractivity contribution in [2.45, 2.75) is 11.3 Å². The number of rotatable bonds is 5. The number of hydrogen-bond donors (Lipinski definition) is 1. The van der Waals surface area contributed by atoms with Gasteiger partial charge in [0.1, 0.15) is 0 Å². The quantitative estimate of drug-likeness (QED) is 0.764. The summed E-state index contributed by atoms with van der Waals surface area (Å²) in [6, 6.07) is 0. The van der Waals surface area contributed by atoms with Crippen molar-refractivity contribution in [3.8, 4) is 0 Å². The molecule has 1 unspecified atom stereocenters. The highest BCUT2D eigenvalue weighted by Gasteiger charge is 2.15. The summed E-state index contributed by atoms with van der Waals surface area (Å²) >= 11 is 1.59. The number of nitrogens with zero attached hydrogens (tertiary/aromatic N) is 3. The number of thioether (sulfide) groups is 1. The van der Waals surface area contributed by atoms with Crippen LogP contribution in [0.1, 0.15) is 0 Å². The molecule has 0 saturated carbocycles. The van der Waals surface area contributed by atoms with E-state index in [2.05, 4.69) is 9.88 Å². The van der Waals surface area contributed by atoms with E-state index in [9.17, 15) is 5.11 Å². The van der Waals surface area contributed by atoms with Crippen LogP contribution in [-0.2, 0) is 11.8 Å². The molecule has 5 nitrogen and oxygen atoms in total. The lowest BCUT2D eigenvalue weighted by Gasteiger charge is -2.28. The highest BCUT2D eigenvalue weighted by atomic mass is 32.2. The summed E-state index contributed by atoms with van der Waals surface area (Å²) < 4.78 is 7.24. The van der Waals surface area contributed by atoms with Gasteiger partial charge in [-0.15, -0.1) is 0 Å². The SMILES string of the molecule is Cn1ccnc1SCC(O)CN1CCOCC1. The van der Waals surface area contributed by atoms with E-state index in [0.717, 1.165) is 38.0 Å². The molecule has 1 saturated heterocycles. The van der Waals surface area contributed by atoms with Gasteiger partial charge in [-0.05, 0) is 0 Å². The molecule has 1 aromatic rings. The molecule has 0 bridgehead atoms. The molecule has 96 valence electrons. The first kappa shape index (κ1) is 12.9. The Kier molecular flexibility index (Phi) is 4.85. The second-order valence-corrected chi connectivity index (χ2v) is 5.19. The van der Waals surface area contributed by atoms with E-state index in [4.69, 9.17) is 4.74 Å². The Morgan fingerprint density at radius 1 is 1.53 bits per heavy atom. The number of aliphatic hydroxyl groups excluding tert-OH is 1. The molecular formula is C11H19N3O2S. The third-order valence-electron chi connectivity index (χ3n) is 2.75. The molecule has 2 rings (SSSR count). The Morgan fingerprint density at radius 2 is 2.29 bits per heavy atom. The summed E-state index contributed by atoms with van der Waals surface area (Å²) in [5.74, 6) is 0.683. The molecule has 6 heteroatoms. The summed E-state index contributed by atoms with van der Waals surface area (Å²) in [4.78, 5) is 6.46.